The lowest BCUT2D eigenvalue weighted by Gasteiger charge is -2.22. The number of sulfonamides is 1. The minimum atomic E-state index is -3.19. The molecule has 6 nitrogen and oxygen atoms in total. The van der Waals surface area contributed by atoms with Crippen LogP contribution in [0, 0.1) is 11.8 Å². The van der Waals surface area contributed by atoms with E-state index in [0.717, 1.165) is 19.3 Å². The number of halogens is 1. The van der Waals surface area contributed by atoms with Crippen LogP contribution in [0.3, 0.4) is 0 Å². The Morgan fingerprint density at radius 1 is 1.35 bits per heavy atom. The molecule has 8 heteroatoms. The van der Waals surface area contributed by atoms with Gasteiger partial charge in [0.25, 0.3) is 0 Å². The molecule has 0 aromatic rings. The summed E-state index contributed by atoms with van der Waals surface area (Å²) in [5, 5.41) is 2.87. The van der Waals surface area contributed by atoms with Crippen molar-refractivity contribution in [1.82, 2.24) is 10.0 Å². The number of carbonyl (C=O) groups excluding carboxylic acids is 1. The zero-order valence-electron chi connectivity index (χ0n) is 12.3. The summed E-state index contributed by atoms with van der Waals surface area (Å²) in [6.07, 6.45) is 3.91. The summed E-state index contributed by atoms with van der Waals surface area (Å²) in [6, 6.07) is -0.255. The quantitative estimate of drug-likeness (QED) is 0.649. The van der Waals surface area contributed by atoms with Crippen LogP contribution in [0.25, 0.3) is 0 Å². The molecule has 4 N–H and O–H groups in total. The molecule has 0 saturated heterocycles. The summed E-state index contributed by atoms with van der Waals surface area (Å²) in [7, 11) is -3.19. The van der Waals surface area contributed by atoms with Crippen molar-refractivity contribution in [2.75, 3.05) is 12.8 Å². The van der Waals surface area contributed by atoms with Crippen LogP contribution in [0.4, 0.5) is 0 Å². The Hall–Kier alpha value is -0.370. The van der Waals surface area contributed by atoms with Gasteiger partial charge in [0.15, 0.2) is 0 Å². The summed E-state index contributed by atoms with van der Waals surface area (Å²) >= 11 is 0. The predicted molar refractivity (Wildman–Crippen MR) is 82.2 cm³/mol. The molecule has 0 radical (unpaired) electrons. The normalized spacial score (nSPS) is 25.6. The third kappa shape index (κ3) is 6.39. The average Bonchev–Trinajstić information content (AvgIpc) is 2.69. The molecule has 20 heavy (non-hydrogen) atoms. The number of carbonyl (C=O) groups is 1. The van der Waals surface area contributed by atoms with E-state index in [-0.39, 0.29) is 42.2 Å². The van der Waals surface area contributed by atoms with Crippen LogP contribution >= 0.6 is 12.4 Å². The van der Waals surface area contributed by atoms with Crippen LogP contribution in [0.5, 0.6) is 0 Å². The minimum Gasteiger partial charge on any atom is -0.355 e. The third-order valence-electron chi connectivity index (χ3n) is 3.77. The Morgan fingerprint density at radius 2 is 1.95 bits per heavy atom. The van der Waals surface area contributed by atoms with Gasteiger partial charge in [-0.15, -0.1) is 12.4 Å². The molecule has 0 aliphatic heterocycles. The van der Waals surface area contributed by atoms with Gasteiger partial charge in [-0.25, -0.2) is 13.1 Å². The number of hydrogen-bond acceptors (Lipinski definition) is 4. The Morgan fingerprint density at radius 3 is 2.45 bits per heavy atom. The van der Waals surface area contributed by atoms with E-state index in [9.17, 15) is 13.2 Å². The Bertz CT molecular complexity index is 414. The first kappa shape index (κ1) is 19.6. The lowest BCUT2D eigenvalue weighted by atomic mass is 10.0. The van der Waals surface area contributed by atoms with Gasteiger partial charge in [-0.2, -0.15) is 0 Å². The second-order valence-corrected chi connectivity index (χ2v) is 7.36. The first-order valence-corrected chi connectivity index (χ1v) is 8.60. The molecule has 0 spiro atoms. The topological polar surface area (TPSA) is 101 Å². The predicted octanol–water partition coefficient (Wildman–Crippen LogP) is 0.226. The van der Waals surface area contributed by atoms with Crippen molar-refractivity contribution < 1.29 is 13.2 Å². The van der Waals surface area contributed by atoms with Gasteiger partial charge in [-0.3, -0.25) is 4.79 Å². The average molecular weight is 328 g/mol. The van der Waals surface area contributed by atoms with Gasteiger partial charge < -0.3 is 11.1 Å². The second-order valence-electron chi connectivity index (χ2n) is 5.58. The molecule has 1 fully saturated rings. The third-order valence-corrected chi connectivity index (χ3v) is 4.50. The Kier molecular flexibility index (Phi) is 8.01. The van der Waals surface area contributed by atoms with E-state index in [4.69, 9.17) is 5.73 Å². The number of nitrogens with one attached hydrogen (secondary N) is 2. The highest BCUT2D eigenvalue weighted by molar-refractivity contribution is 7.88. The number of nitrogens with two attached hydrogens (primary N) is 1. The number of amides is 1. The molecule has 120 valence electrons. The van der Waals surface area contributed by atoms with Crippen LogP contribution < -0.4 is 15.8 Å². The maximum absolute atomic E-state index is 11.8. The van der Waals surface area contributed by atoms with Crippen molar-refractivity contribution in [1.29, 1.82) is 0 Å². The van der Waals surface area contributed by atoms with Gasteiger partial charge >= 0.3 is 0 Å². The zero-order chi connectivity index (χ0) is 14.6. The van der Waals surface area contributed by atoms with Crippen molar-refractivity contribution in [3.8, 4) is 0 Å². The summed E-state index contributed by atoms with van der Waals surface area (Å²) in [6.45, 7) is 4.10. The fourth-order valence-electron chi connectivity index (χ4n) is 2.34. The maximum Gasteiger partial charge on any atom is 0.224 e. The molecule has 1 aliphatic carbocycles. The number of rotatable bonds is 6. The van der Waals surface area contributed by atoms with Gasteiger partial charge in [-0.05, 0) is 25.7 Å². The van der Waals surface area contributed by atoms with Gasteiger partial charge in [0.2, 0.25) is 15.9 Å². The summed E-state index contributed by atoms with van der Waals surface area (Å²) in [4.78, 5) is 11.8. The molecule has 0 aromatic heterocycles. The fourth-order valence-corrected chi connectivity index (χ4v) is 3.20. The lowest BCUT2D eigenvalue weighted by molar-refractivity contribution is -0.125. The summed E-state index contributed by atoms with van der Waals surface area (Å²) < 4.78 is 25.1. The molecule has 4 atom stereocenters. The van der Waals surface area contributed by atoms with Crippen molar-refractivity contribution in [3.05, 3.63) is 0 Å². The van der Waals surface area contributed by atoms with E-state index in [2.05, 4.69) is 10.0 Å². The van der Waals surface area contributed by atoms with Crippen molar-refractivity contribution >= 4 is 28.3 Å². The van der Waals surface area contributed by atoms with Gasteiger partial charge in [-0.1, -0.05) is 13.3 Å². The van der Waals surface area contributed by atoms with E-state index >= 15 is 0 Å². The first-order valence-electron chi connectivity index (χ1n) is 6.71. The maximum atomic E-state index is 11.8. The lowest BCUT2D eigenvalue weighted by Crippen LogP contribution is -2.44. The van der Waals surface area contributed by atoms with Gasteiger partial charge in [0, 0.05) is 24.5 Å². The molecule has 0 heterocycles. The summed E-state index contributed by atoms with van der Waals surface area (Å²) in [5.41, 5.74) is 5.68. The van der Waals surface area contributed by atoms with Crippen molar-refractivity contribution in [3.63, 3.8) is 0 Å². The molecule has 1 amide bonds. The highest BCUT2D eigenvalue weighted by atomic mass is 35.5. The Balaban J connectivity index is 0.00000361. The van der Waals surface area contributed by atoms with Crippen LogP contribution in [0.1, 0.15) is 33.1 Å². The highest BCUT2D eigenvalue weighted by Gasteiger charge is 2.30. The van der Waals surface area contributed by atoms with Gasteiger partial charge in [0.1, 0.15) is 0 Å². The number of hydrogen-bond donors (Lipinski definition) is 3. The summed E-state index contributed by atoms with van der Waals surface area (Å²) in [5.74, 6) is -0.137. The smallest absolute Gasteiger partial charge is 0.224 e. The zero-order valence-corrected chi connectivity index (χ0v) is 13.9. The van der Waals surface area contributed by atoms with Crippen molar-refractivity contribution in [2.45, 2.75) is 45.2 Å². The van der Waals surface area contributed by atoms with E-state index in [1.807, 2.05) is 0 Å². The molecular formula is C12H26ClN3O3S. The largest absolute Gasteiger partial charge is 0.355 e. The Labute approximate surface area is 127 Å². The molecule has 0 bridgehead atoms. The molecule has 0 aromatic carbocycles. The molecule has 1 saturated carbocycles. The molecule has 1 rings (SSSR count). The van der Waals surface area contributed by atoms with E-state index in [1.54, 1.807) is 13.8 Å². The van der Waals surface area contributed by atoms with Crippen LogP contribution in [-0.4, -0.2) is 39.2 Å². The standard InChI is InChI=1S/C12H25N3O3S.ClH/c1-8(9(2)13)12(16)14-7-10-5-4-6-11(10)15-19(3,17)18;/h8-11,15H,4-7,13H2,1-3H3,(H,14,16);1H. The van der Waals surface area contributed by atoms with Crippen molar-refractivity contribution in [2.24, 2.45) is 17.6 Å². The monoisotopic (exact) mass is 327 g/mol. The van der Waals surface area contributed by atoms with Crippen LogP contribution in [-0.2, 0) is 14.8 Å². The fraction of sp³-hybridized carbons (Fsp3) is 0.917. The molecule has 1 aliphatic rings. The van der Waals surface area contributed by atoms with Gasteiger partial charge in [0.05, 0.1) is 6.26 Å². The SMILES string of the molecule is CC(N)C(C)C(=O)NCC1CCCC1NS(C)(=O)=O.Cl. The van der Waals surface area contributed by atoms with Crippen LogP contribution in [0.2, 0.25) is 0 Å². The highest BCUT2D eigenvalue weighted by Crippen LogP contribution is 2.25. The van der Waals surface area contributed by atoms with Crippen LogP contribution in [0.15, 0.2) is 0 Å². The second kappa shape index (κ2) is 8.17. The van der Waals surface area contributed by atoms with E-state index < -0.39 is 10.0 Å². The molecule has 4 unspecified atom stereocenters. The van der Waals surface area contributed by atoms with E-state index in [0.29, 0.717) is 6.54 Å². The van der Waals surface area contributed by atoms with E-state index in [1.165, 1.54) is 6.26 Å². The molecular weight excluding hydrogens is 302 g/mol. The first-order chi connectivity index (χ1) is 8.70. The minimum absolute atomic E-state index is 0.